The lowest BCUT2D eigenvalue weighted by Gasteiger charge is -2.20. The molecule has 0 heterocycles. The maximum absolute atomic E-state index is 12.0. The van der Waals surface area contributed by atoms with Crippen LogP contribution in [0.1, 0.15) is 30.0 Å². The van der Waals surface area contributed by atoms with E-state index in [0.29, 0.717) is 6.61 Å². The van der Waals surface area contributed by atoms with Crippen molar-refractivity contribution in [2.45, 2.75) is 32.0 Å². The van der Waals surface area contributed by atoms with Crippen molar-refractivity contribution in [1.82, 2.24) is 5.32 Å². The highest BCUT2D eigenvalue weighted by Gasteiger charge is 2.26. The smallest absolute Gasteiger partial charge is 0.389 e. The molecule has 0 fully saturated rings. The number of ether oxygens (including phenoxy) is 2. The van der Waals surface area contributed by atoms with Gasteiger partial charge in [-0.05, 0) is 26.5 Å². The van der Waals surface area contributed by atoms with E-state index in [9.17, 15) is 13.2 Å². The zero-order valence-electron chi connectivity index (χ0n) is 12.6. The first-order valence-corrected chi connectivity index (χ1v) is 6.83. The number of likely N-dealkylation sites (N-methyl/N-ethyl adjacent to an activating group) is 1. The molecule has 0 aliphatic carbocycles. The molecule has 6 heteroatoms. The van der Waals surface area contributed by atoms with Gasteiger partial charge in [0.1, 0.15) is 5.75 Å². The Balaban J connectivity index is 2.53. The van der Waals surface area contributed by atoms with E-state index >= 15 is 0 Å². The number of hydrogen-bond donors (Lipinski definition) is 1. The number of nitrogens with one attached hydrogen (secondary N) is 1. The monoisotopic (exact) mass is 305 g/mol. The third-order valence-corrected chi connectivity index (χ3v) is 3.14. The lowest BCUT2D eigenvalue weighted by Crippen LogP contribution is -2.23. The molecule has 0 saturated heterocycles. The minimum atomic E-state index is -4.12. The molecule has 0 aliphatic rings. The molecular weight excluding hydrogens is 283 g/mol. The van der Waals surface area contributed by atoms with Crippen LogP contribution in [0.2, 0.25) is 0 Å². The predicted octanol–water partition coefficient (Wildman–Crippen LogP) is 3.62. The summed E-state index contributed by atoms with van der Waals surface area (Å²) in [6, 6.07) is 5.68. The maximum Gasteiger partial charge on any atom is 0.389 e. The van der Waals surface area contributed by atoms with Crippen LogP contribution in [0.15, 0.2) is 18.2 Å². The minimum absolute atomic E-state index is 0.0229. The second kappa shape index (κ2) is 8.24. The van der Waals surface area contributed by atoms with Crippen LogP contribution in [0.4, 0.5) is 13.2 Å². The highest BCUT2D eigenvalue weighted by molar-refractivity contribution is 5.39. The van der Waals surface area contributed by atoms with Crippen LogP contribution in [0.5, 0.6) is 5.75 Å². The molecule has 3 nitrogen and oxygen atoms in total. The van der Waals surface area contributed by atoms with Crippen LogP contribution in [-0.4, -0.2) is 33.5 Å². The molecule has 0 aromatic heterocycles. The highest BCUT2D eigenvalue weighted by Crippen LogP contribution is 2.26. The Morgan fingerprint density at radius 1 is 1.29 bits per heavy atom. The van der Waals surface area contributed by atoms with Crippen molar-refractivity contribution >= 4 is 0 Å². The summed E-state index contributed by atoms with van der Waals surface area (Å²) in [7, 11) is 3.37. The number of halogens is 3. The van der Waals surface area contributed by atoms with E-state index in [1.807, 2.05) is 25.1 Å². The lowest BCUT2D eigenvalue weighted by molar-refractivity contribution is -0.138. The molecular formula is C15H22F3NO2. The van der Waals surface area contributed by atoms with Gasteiger partial charge in [-0.3, -0.25) is 0 Å². The number of methoxy groups -OCH3 is 1. The van der Waals surface area contributed by atoms with Crippen LogP contribution >= 0.6 is 0 Å². The summed E-state index contributed by atoms with van der Waals surface area (Å²) in [6.45, 7) is 2.36. The topological polar surface area (TPSA) is 30.5 Å². The molecule has 0 radical (unpaired) electrons. The Bertz CT molecular complexity index is 435. The van der Waals surface area contributed by atoms with Crippen LogP contribution in [-0.2, 0) is 4.74 Å². The molecule has 1 atom stereocenters. The Hall–Kier alpha value is -1.27. The first-order chi connectivity index (χ1) is 9.87. The van der Waals surface area contributed by atoms with E-state index in [2.05, 4.69) is 5.32 Å². The van der Waals surface area contributed by atoms with E-state index in [0.717, 1.165) is 16.9 Å². The Kier molecular flexibility index (Phi) is 6.98. The summed E-state index contributed by atoms with van der Waals surface area (Å²) >= 11 is 0. The standard InChI is InChI=1S/C15H22F3NO2/c1-11-5-6-14(20-3)12(9-11)13(19-2)10-21-8-4-7-15(16,17)18/h5-6,9,13,19H,4,7-8,10H2,1-3H3. The summed E-state index contributed by atoms with van der Waals surface area (Å²) in [5.74, 6) is 0.735. The van der Waals surface area contributed by atoms with Gasteiger partial charge in [-0.1, -0.05) is 17.7 Å². The average molecular weight is 305 g/mol. The van der Waals surface area contributed by atoms with Gasteiger partial charge in [0.15, 0.2) is 0 Å². The largest absolute Gasteiger partial charge is 0.496 e. The Morgan fingerprint density at radius 2 is 2.00 bits per heavy atom. The first kappa shape index (κ1) is 17.8. The van der Waals surface area contributed by atoms with Gasteiger partial charge in [-0.15, -0.1) is 0 Å². The molecule has 1 rings (SSSR count). The van der Waals surface area contributed by atoms with Crippen LogP contribution in [0, 0.1) is 6.92 Å². The lowest BCUT2D eigenvalue weighted by atomic mass is 10.0. The number of alkyl halides is 3. The number of hydrogen-bond acceptors (Lipinski definition) is 3. The normalized spacial score (nSPS) is 13.2. The van der Waals surface area contributed by atoms with Gasteiger partial charge >= 0.3 is 6.18 Å². The molecule has 0 aliphatic heterocycles. The average Bonchev–Trinajstić information content (AvgIpc) is 2.41. The fraction of sp³-hybridized carbons (Fsp3) is 0.600. The quantitative estimate of drug-likeness (QED) is 0.744. The van der Waals surface area contributed by atoms with Crippen LogP contribution in [0.3, 0.4) is 0 Å². The van der Waals surface area contributed by atoms with E-state index in [1.165, 1.54) is 0 Å². The second-order valence-electron chi connectivity index (χ2n) is 4.88. The summed E-state index contributed by atoms with van der Waals surface area (Å²) in [5.41, 5.74) is 2.03. The fourth-order valence-corrected chi connectivity index (χ4v) is 2.03. The summed E-state index contributed by atoms with van der Waals surface area (Å²) in [5, 5.41) is 3.10. The molecule has 0 amide bonds. The van der Waals surface area contributed by atoms with Gasteiger partial charge in [-0.25, -0.2) is 0 Å². The molecule has 1 N–H and O–H groups in total. The molecule has 21 heavy (non-hydrogen) atoms. The van der Waals surface area contributed by atoms with E-state index in [1.54, 1.807) is 14.2 Å². The zero-order valence-corrected chi connectivity index (χ0v) is 12.6. The van der Waals surface area contributed by atoms with Gasteiger partial charge in [0.2, 0.25) is 0 Å². The van der Waals surface area contributed by atoms with Crippen LogP contribution in [0.25, 0.3) is 0 Å². The first-order valence-electron chi connectivity index (χ1n) is 6.83. The number of rotatable bonds is 8. The molecule has 120 valence electrons. The fourth-order valence-electron chi connectivity index (χ4n) is 2.03. The maximum atomic E-state index is 12.0. The van der Waals surface area contributed by atoms with Gasteiger partial charge in [-0.2, -0.15) is 13.2 Å². The SMILES string of the molecule is CNC(COCCCC(F)(F)F)c1cc(C)ccc1OC. The molecule has 0 saturated carbocycles. The van der Waals surface area contributed by atoms with Crippen molar-refractivity contribution in [3.63, 3.8) is 0 Å². The van der Waals surface area contributed by atoms with Gasteiger partial charge in [0.05, 0.1) is 19.8 Å². The molecule has 1 aromatic carbocycles. The van der Waals surface area contributed by atoms with Crippen molar-refractivity contribution in [3.05, 3.63) is 29.3 Å². The van der Waals surface area contributed by atoms with Gasteiger partial charge < -0.3 is 14.8 Å². The van der Waals surface area contributed by atoms with Crippen molar-refractivity contribution in [2.24, 2.45) is 0 Å². The second-order valence-corrected chi connectivity index (χ2v) is 4.88. The van der Waals surface area contributed by atoms with E-state index in [-0.39, 0.29) is 19.1 Å². The summed E-state index contributed by atoms with van der Waals surface area (Å²) in [4.78, 5) is 0. The highest BCUT2D eigenvalue weighted by atomic mass is 19.4. The molecule has 1 aromatic rings. The van der Waals surface area contributed by atoms with Crippen molar-refractivity contribution < 1.29 is 22.6 Å². The van der Waals surface area contributed by atoms with Crippen molar-refractivity contribution in [1.29, 1.82) is 0 Å². The third kappa shape index (κ3) is 6.35. The predicted molar refractivity (Wildman–Crippen MR) is 75.6 cm³/mol. The summed E-state index contributed by atoms with van der Waals surface area (Å²) < 4.78 is 46.8. The number of benzene rings is 1. The third-order valence-electron chi connectivity index (χ3n) is 3.14. The Morgan fingerprint density at radius 3 is 2.57 bits per heavy atom. The minimum Gasteiger partial charge on any atom is -0.496 e. The molecule has 0 bridgehead atoms. The Labute approximate surface area is 123 Å². The van der Waals surface area contributed by atoms with Crippen molar-refractivity contribution in [2.75, 3.05) is 27.4 Å². The zero-order chi connectivity index (χ0) is 15.9. The number of aryl methyl sites for hydroxylation is 1. The van der Waals surface area contributed by atoms with E-state index in [4.69, 9.17) is 9.47 Å². The van der Waals surface area contributed by atoms with Crippen molar-refractivity contribution in [3.8, 4) is 5.75 Å². The van der Waals surface area contributed by atoms with Gasteiger partial charge in [0, 0.05) is 18.6 Å². The van der Waals surface area contributed by atoms with Gasteiger partial charge in [0.25, 0.3) is 0 Å². The molecule has 0 spiro atoms. The summed E-state index contributed by atoms with van der Waals surface area (Å²) in [6.07, 6.45) is -4.96. The molecule has 1 unspecified atom stereocenters. The van der Waals surface area contributed by atoms with E-state index < -0.39 is 12.6 Å². The van der Waals surface area contributed by atoms with Crippen LogP contribution < -0.4 is 10.1 Å².